The molecule has 1 N–H and O–H groups in total. The molecule has 0 radical (unpaired) electrons. The first-order valence-corrected chi connectivity index (χ1v) is 5.14. The zero-order chi connectivity index (χ0) is 14.9. The summed E-state index contributed by atoms with van der Waals surface area (Å²) in [5.74, 6) is -1.14. The molecular weight excluding hydrogens is 271 g/mol. The van der Waals surface area contributed by atoms with Crippen molar-refractivity contribution in [3.05, 3.63) is 66.7 Å². The maximum atomic E-state index is 13.5. The first kappa shape index (κ1) is 13.2. The molecule has 0 spiro atoms. The first-order chi connectivity index (χ1) is 9.43. The summed E-state index contributed by atoms with van der Waals surface area (Å²) >= 11 is 0. The molecule has 1 aromatic carbocycles. The molecule has 0 aliphatic rings. The van der Waals surface area contributed by atoms with Crippen LogP contribution in [0.2, 0.25) is 0 Å². The van der Waals surface area contributed by atoms with E-state index in [2.05, 4.69) is 0 Å². The lowest BCUT2D eigenvalue weighted by molar-refractivity contribution is -0.387. The summed E-state index contributed by atoms with van der Waals surface area (Å²) < 4.78 is 14.3. The van der Waals surface area contributed by atoms with E-state index in [0.29, 0.717) is 0 Å². The number of halogens is 1. The Morgan fingerprint density at radius 3 is 2.65 bits per heavy atom. The van der Waals surface area contributed by atoms with Crippen LogP contribution < -0.4 is 11.2 Å². The SMILES string of the molecule is N#Cc1cn(-c2ccc([N+](=O)[O-])c(F)c2)c(=O)[nH]c1=O. The van der Waals surface area contributed by atoms with Crippen molar-refractivity contribution in [1.82, 2.24) is 9.55 Å². The molecule has 0 fully saturated rings. The molecule has 100 valence electrons. The molecule has 0 atom stereocenters. The Morgan fingerprint density at radius 2 is 2.10 bits per heavy atom. The van der Waals surface area contributed by atoms with Crippen molar-refractivity contribution in [3.63, 3.8) is 0 Å². The number of nitro benzene ring substituents is 1. The summed E-state index contributed by atoms with van der Waals surface area (Å²) in [4.78, 5) is 34.3. The highest BCUT2D eigenvalue weighted by Crippen LogP contribution is 2.19. The van der Waals surface area contributed by atoms with Crippen molar-refractivity contribution in [1.29, 1.82) is 5.26 Å². The van der Waals surface area contributed by atoms with Gasteiger partial charge in [-0.25, -0.2) is 4.79 Å². The largest absolute Gasteiger partial charge is 0.332 e. The van der Waals surface area contributed by atoms with Crippen molar-refractivity contribution in [3.8, 4) is 11.8 Å². The van der Waals surface area contributed by atoms with Crippen LogP contribution in [0.15, 0.2) is 34.0 Å². The van der Waals surface area contributed by atoms with Gasteiger partial charge >= 0.3 is 11.4 Å². The topological polar surface area (TPSA) is 122 Å². The lowest BCUT2D eigenvalue weighted by Gasteiger charge is -2.05. The summed E-state index contributed by atoms with van der Waals surface area (Å²) in [5.41, 5.74) is -2.89. The van der Waals surface area contributed by atoms with Gasteiger partial charge in [0.05, 0.1) is 10.6 Å². The number of nitrogens with zero attached hydrogens (tertiary/aromatic N) is 3. The van der Waals surface area contributed by atoms with E-state index in [0.717, 1.165) is 29.0 Å². The molecule has 0 unspecified atom stereocenters. The van der Waals surface area contributed by atoms with E-state index < -0.39 is 27.7 Å². The lowest BCUT2D eigenvalue weighted by atomic mass is 10.2. The van der Waals surface area contributed by atoms with Crippen LogP contribution in [0.25, 0.3) is 5.69 Å². The summed E-state index contributed by atoms with van der Waals surface area (Å²) in [7, 11) is 0. The third-order valence-electron chi connectivity index (χ3n) is 2.47. The number of hydrogen-bond acceptors (Lipinski definition) is 5. The van der Waals surface area contributed by atoms with E-state index in [4.69, 9.17) is 5.26 Å². The minimum atomic E-state index is -1.14. The van der Waals surface area contributed by atoms with Gasteiger partial charge < -0.3 is 0 Å². The van der Waals surface area contributed by atoms with Crippen LogP contribution >= 0.6 is 0 Å². The molecule has 2 aromatic rings. The molecule has 0 aliphatic carbocycles. The van der Waals surface area contributed by atoms with Gasteiger partial charge in [0, 0.05) is 18.3 Å². The molecule has 9 heteroatoms. The molecular formula is C11H5FN4O4. The zero-order valence-corrected chi connectivity index (χ0v) is 9.66. The Kier molecular flexibility index (Phi) is 3.14. The highest BCUT2D eigenvalue weighted by Gasteiger charge is 2.15. The van der Waals surface area contributed by atoms with Gasteiger partial charge in [0.15, 0.2) is 0 Å². The van der Waals surface area contributed by atoms with Crippen LogP contribution in [0.1, 0.15) is 5.56 Å². The number of aromatic amines is 1. The van der Waals surface area contributed by atoms with E-state index in [9.17, 15) is 24.1 Å². The highest BCUT2D eigenvalue weighted by molar-refractivity contribution is 5.43. The Hall–Kier alpha value is -3.28. The van der Waals surface area contributed by atoms with Crippen LogP contribution in [-0.2, 0) is 0 Å². The number of nitro groups is 1. The quantitative estimate of drug-likeness (QED) is 0.630. The van der Waals surface area contributed by atoms with Gasteiger partial charge in [-0.15, -0.1) is 0 Å². The molecule has 0 saturated heterocycles. The fraction of sp³-hybridized carbons (Fsp3) is 0. The smallest absolute Gasteiger partial charge is 0.273 e. The Morgan fingerprint density at radius 1 is 1.40 bits per heavy atom. The maximum absolute atomic E-state index is 13.5. The van der Waals surface area contributed by atoms with Gasteiger partial charge in [-0.05, 0) is 6.07 Å². The molecule has 1 aromatic heterocycles. The van der Waals surface area contributed by atoms with Crippen LogP contribution in [0.3, 0.4) is 0 Å². The summed E-state index contributed by atoms with van der Waals surface area (Å²) in [5, 5.41) is 19.2. The zero-order valence-electron chi connectivity index (χ0n) is 9.66. The minimum Gasteiger partial charge on any atom is -0.273 e. The number of rotatable bonds is 2. The maximum Gasteiger partial charge on any atom is 0.332 e. The Balaban J connectivity index is 2.67. The third-order valence-corrected chi connectivity index (χ3v) is 2.47. The van der Waals surface area contributed by atoms with Crippen molar-refractivity contribution in [2.24, 2.45) is 0 Å². The van der Waals surface area contributed by atoms with Gasteiger partial charge in [0.2, 0.25) is 5.82 Å². The Labute approximate surface area is 109 Å². The highest BCUT2D eigenvalue weighted by atomic mass is 19.1. The number of nitriles is 1. The first-order valence-electron chi connectivity index (χ1n) is 5.14. The van der Waals surface area contributed by atoms with Crippen molar-refractivity contribution in [2.75, 3.05) is 0 Å². The van der Waals surface area contributed by atoms with Gasteiger partial charge in [-0.1, -0.05) is 0 Å². The van der Waals surface area contributed by atoms with Gasteiger partial charge in [0.25, 0.3) is 5.56 Å². The second-order valence-electron chi connectivity index (χ2n) is 3.68. The van der Waals surface area contributed by atoms with Crippen molar-refractivity contribution < 1.29 is 9.31 Å². The number of H-pyrrole nitrogens is 1. The molecule has 1 heterocycles. The van der Waals surface area contributed by atoms with E-state index in [-0.39, 0.29) is 11.3 Å². The van der Waals surface area contributed by atoms with Crippen molar-refractivity contribution >= 4 is 5.69 Å². The molecule has 0 saturated carbocycles. The van der Waals surface area contributed by atoms with Gasteiger partial charge in [-0.2, -0.15) is 9.65 Å². The summed E-state index contributed by atoms with van der Waals surface area (Å²) in [6, 6.07) is 4.34. The number of aromatic nitrogens is 2. The van der Waals surface area contributed by atoms with Crippen molar-refractivity contribution in [2.45, 2.75) is 0 Å². The lowest BCUT2D eigenvalue weighted by Crippen LogP contribution is -2.30. The second-order valence-corrected chi connectivity index (χ2v) is 3.68. The number of benzene rings is 1. The monoisotopic (exact) mass is 276 g/mol. The predicted octanol–water partition coefficient (Wildman–Crippen LogP) is 0.445. The average Bonchev–Trinajstić information content (AvgIpc) is 2.38. The van der Waals surface area contributed by atoms with Gasteiger partial charge in [-0.3, -0.25) is 24.5 Å². The molecule has 0 amide bonds. The fourth-order valence-corrected chi connectivity index (χ4v) is 1.54. The van der Waals surface area contributed by atoms with Crippen LogP contribution in [0.5, 0.6) is 0 Å². The van der Waals surface area contributed by atoms with E-state index in [1.54, 1.807) is 6.07 Å². The second kappa shape index (κ2) is 4.77. The third kappa shape index (κ3) is 2.17. The molecule has 8 nitrogen and oxygen atoms in total. The summed E-state index contributed by atoms with van der Waals surface area (Å²) in [6.07, 6.45) is 0.932. The molecule has 2 rings (SSSR count). The molecule has 0 bridgehead atoms. The molecule has 20 heavy (non-hydrogen) atoms. The van der Waals surface area contributed by atoms with E-state index in [1.807, 2.05) is 4.98 Å². The predicted molar refractivity (Wildman–Crippen MR) is 64.0 cm³/mol. The Bertz CT molecular complexity index is 862. The van der Waals surface area contributed by atoms with E-state index in [1.165, 1.54) is 0 Å². The standard InChI is InChI=1S/C11H5FN4O4/c12-8-3-7(1-2-9(8)16(19)20)15-5-6(4-13)10(17)14-11(15)18/h1-3,5H,(H,14,17,18). The molecule has 0 aliphatic heterocycles. The number of nitrogens with one attached hydrogen (secondary N) is 1. The summed E-state index contributed by atoms with van der Waals surface area (Å²) in [6.45, 7) is 0. The van der Waals surface area contributed by atoms with Crippen LogP contribution in [-0.4, -0.2) is 14.5 Å². The number of hydrogen-bond donors (Lipinski definition) is 1. The average molecular weight is 276 g/mol. The van der Waals surface area contributed by atoms with Crippen LogP contribution in [0, 0.1) is 27.3 Å². The van der Waals surface area contributed by atoms with E-state index >= 15 is 0 Å². The van der Waals surface area contributed by atoms with Gasteiger partial charge in [0.1, 0.15) is 11.6 Å². The van der Waals surface area contributed by atoms with Crippen LogP contribution in [0.4, 0.5) is 10.1 Å². The minimum absolute atomic E-state index is 0.0501. The normalized spacial score (nSPS) is 10.0. The fourth-order valence-electron chi connectivity index (χ4n) is 1.54.